The van der Waals surface area contributed by atoms with Crippen LogP contribution in [-0.2, 0) is 14.3 Å². The monoisotopic (exact) mass is 375 g/mol. The van der Waals surface area contributed by atoms with Gasteiger partial charge in [-0.1, -0.05) is 0 Å². The molecular weight excluding hydrogens is 353 g/mol. The number of nitrogens with one attached hydrogen (secondary N) is 1. The van der Waals surface area contributed by atoms with Crippen molar-refractivity contribution >= 4 is 11.6 Å². The van der Waals surface area contributed by atoms with Crippen molar-refractivity contribution in [3.8, 4) is 11.4 Å². The first-order valence-corrected chi connectivity index (χ1v) is 9.14. The molecule has 27 heavy (non-hydrogen) atoms. The zero-order chi connectivity index (χ0) is 19.0. The summed E-state index contributed by atoms with van der Waals surface area (Å²) in [5.41, 5.74) is 0.105. The van der Waals surface area contributed by atoms with Crippen molar-refractivity contribution in [3.05, 3.63) is 24.0 Å². The molecule has 9 heteroatoms. The van der Waals surface area contributed by atoms with Crippen molar-refractivity contribution in [2.75, 3.05) is 18.5 Å². The number of carbonyl (C=O) groups is 1. The van der Waals surface area contributed by atoms with E-state index in [0.717, 1.165) is 19.3 Å². The van der Waals surface area contributed by atoms with Gasteiger partial charge < -0.3 is 14.8 Å². The van der Waals surface area contributed by atoms with Crippen LogP contribution in [0.2, 0.25) is 0 Å². The Hall–Kier alpha value is -2.39. The zero-order valence-corrected chi connectivity index (χ0v) is 15.3. The lowest BCUT2D eigenvalue weighted by atomic mass is 9.75. The molecule has 144 valence electrons. The summed E-state index contributed by atoms with van der Waals surface area (Å²) in [5.74, 6) is -0.477. The largest absolute Gasteiger partial charge is 0.369 e. The third kappa shape index (κ3) is 3.21. The molecule has 1 spiro atoms. The Kier molecular flexibility index (Phi) is 4.65. The van der Waals surface area contributed by atoms with Crippen molar-refractivity contribution in [2.24, 2.45) is 0 Å². The van der Waals surface area contributed by atoms with Gasteiger partial charge in [-0.25, -0.2) is 9.07 Å². The Balaban J connectivity index is 1.53. The molecule has 1 aromatic heterocycles. The van der Waals surface area contributed by atoms with E-state index in [-0.39, 0.29) is 17.5 Å². The van der Waals surface area contributed by atoms with Gasteiger partial charge in [0.15, 0.2) is 11.9 Å². The number of anilines is 1. The van der Waals surface area contributed by atoms with Gasteiger partial charge in [-0.3, -0.25) is 4.79 Å². The van der Waals surface area contributed by atoms with Crippen LogP contribution in [0.25, 0.3) is 11.4 Å². The fourth-order valence-corrected chi connectivity index (χ4v) is 3.59. The predicted octanol–water partition coefficient (Wildman–Crippen LogP) is 2.34. The molecule has 1 amide bonds. The van der Waals surface area contributed by atoms with Gasteiger partial charge in [-0.2, -0.15) is 0 Å². The van der Waals surface area contributed by atoms with Gasteiger partial charge in [-0.05, 0) is 61.7 Å². The molecule has 1 saturated heterocycles. The highest BCUT2D eigenvalue weighted by Gasteiger charge is 2.51. The minimum Gasteiger partial charge on any atom is -0.369 e. The molecule has 1 N–H and O–H groups in total. The van der Waals surface area contributed by atoms with Gasteiger partial charge in [0.25, 0.3) is 5.91 Å². The average Bonchev–Trinajstić information content (AvgIpc) is 3.10. The zero-order valence-electron chi connectivity index (χ0n) is 15.3. The van der Waals surface area contributed by atoms with Crippen LogP contribution in [0.1, 0.15) is 39.2 Å². The van der Waals surface area contributed by atoms with Crippen molar-refractivity contribution < 1.29 is 18.7 Å². The first-order chi connectivity index (χ1) is 13.0. The maximum absolute atomic E-state index is 14.7. The van der Waals surface area contributed by atoms with Crippen LogP contribution in [-0.4, -0.2) is 51.0 Å². The summed E-state index contributed by atoms with van der Waals surface area (Å²) < 4.78 is 27.7. The molecule has 1 aliphatic heterocycles. The molecule has 1 unspecified atom stereocenters. The SMILES string of the molecule is CC(C)n1nnnc1-c1ccc(NC(=O)C2OCCOC23CCC3)cc1F. The van der Waals surface area contributed by atoms with Crippen molar-refractivity contribution in [2.45, 2.75) is 50.9 Å². The molecule has 2 heterocycles. The number of hydrogen-bond donors (Lipinski definition) is 1. The van der Waals surface area contributed by atoms with Gasteiger partial charge in [0.05, 0.1) is 24.8 Å². The van der Waals surface area contributed by atoms with Gasteiger partial charge in [0.1, 0.15) is 11.4 Å². The number of halogens is 1. The van der Waals surface area contributed by atoms with Gasteiger partial charge in [-0.15, -0.1) is 5.10 Å². The number of tetrazole rings is 1. The smallest absolute Gasteiger partial charge is 0.256 e. The topological polar surface area (TPSA) is 91.2 Å². The molecule has 1 aliphatic carbocycles. The second-order valence-electron chi connectivity index (χ2n) is 7.24. The van der Waals surface area contributed by atoms with Gasteiger partial charge >= 0.3 is 0 Å². The van der Waals surface area contributed by atoms with E-state index >= 15 is 0 Å². The number of hydrogen-bond acceptors (Lipinski definition) is 6. The van der Waals surface area contributed by atoms with E-state index in [4.69, 9.17) is 9.47 Å². The van der Waals surface area contributed by atoms with Crippen molar-refractivity contribution in [1.29, 1.82) is 0 Å². The molecule has 1 atom stereocenters. The van der Waals surface area contributed by atoms with Crippen molar-refractivity contribution in [3.63, 3.8) is 0 Å². The molecule has 2 aliphatic rings. The minimum atomic E-state index is -0.670. The first-order valence-electron chi connectivity index (χ1n) is 9.14. The lowest BCUT2D eigenvalue weighted by Gasteiger charge is -2.48. The molecule has 1 aromatic carbocycles. The van der Waals surface area contributed by atoms with E-state index in [2.05, 4.69) is 20.8 Å². The van der Waals surface area contributed by atoms with E-state index in [1.165, 1.54) is 6.07 Å². The molecule has 0 radical (unpaired) electrons. The fourth-order valence-electron chi connectivity index (χ4n) is 3.59. The Morgan fingerprint density at radius 2 is 2.19 bits per heavy atom. The summed E-state index contributed by atoms with van der Waals surface area (Å²) in [4.78, 5) is 12.7. The van der Waals surface area contributed by atoms with E-state index in [1.807, 2.05) is 13.8 Å². The third-order valence-electron chi connectivity index (χ3n) is 5.13. The number of carbonyl (C=O) groups excluding carboxylic acids is 1. The van der Waals surface area contributed by atoms with Crippen LogP contribution in [0.4, 0.5) is 10.1 Å². The van der Waals surface area contributed by atoms with Crippen LogP contribution in [0, 0.1) is 5.82 Å². The third-order valence-corrected chi connectivity index (χ3v) is 5.13. The summed E-state index contributed by atoms with van der Waals surface area (Å²) >= 11 is 0. The maximum Gasteiger partial charge on any atom is 0.256 e. The van der Waals surface area contributed by atoms with Crippen LogP contribution in [0.3, 0.4) is 0 Å². The standard InChI is InChI=1S/C18H22FN5O3/c1-11(2)24-16(21-22-23-24)13-5-4-12(10-14(13)19)20-17(25)15-18(6-3-7-18)27-9-8-26-15/h4-5,10-11,15H,3,6-9H2,1-2H3,(H,20,25). The lowest BCUT2D eigenvalue weighted by molar-refractivity contribution is -0.228. The number of rotatable bonds is 4. The molecular formula is C18H22FN5O3. The van der Waals surface area contributed by atoms with Crippen LogP contribution < -0.4 is 5.32 Å². The Labute approximate surface area is 156 Å². The second-order valence-corrected chi connectivity index (χ2v) is 7.24. The fraction of sp³-hybridized carbons (Fsp3) is 0.556. The van der Waals surface area contributed by atoms with E-state index in [1.54, 1.807) is 16.8 Å². The van der Waals surface area contributed by atoms with Gasteiger partial charge in [0.2, 0.25) is 0 Å². The summed E-state index contributed by atoms with van der Waals surface area (Å²) in [6.45, 7) is 4.70. The number of nitrogens with zero attached hydrogens (tertiary/aromatic N) is 4. The van der Waals surface area contributed by atoms with Crippen LogP contribution in [0.15, 0.2) is 18.2 Å². The highest BCUT2D eigenvalue weighted by atomic mass is 19.1. The normalized spacial score (nSPS) is 21.3. The Morgan fingerprint density at radius 1 is 1.37 bits per heavy atom. The highest BCUT2D eigenvalue weighted by molar-refractivity contribution is 5.95. The van der Waals surface area contributed by atoms with E-state index in [9.17, 15) is 9.18 Å². The number of ether oxygens (including phenoxy) is 2. The van der Waals surface area contributed by atoms with Crippen LogP contribution in [0.5, 0.6) is 0 Å². The van der Waals surface area contributed by atoms with Crippen LogP contribution >= 0.6 is 0 Å². The molecule has 1 saturated carbocycles. The Bertz CT molecular complexity index is 849. The number of benzene rings is 1. The lowest BCUT2D eigenvalue weighted by Crippen LogP contribution is -2.60. The highest BCUT2D eigenvalue weighted by Crippen LogP contribution is 2.42. The molecule has 8 nitrogen and oxygen atoms in total. The number of amides is 1. The predicted molar refractivity (Wildman–Crippen MR) is 94.5 cm³/mol. The van der Waals surface area contributed by atoms with Gasteiger partial charge in [0, 0.05) is 5.69 Å². The number of aromatic nitrogens is 4. The van der Waals surface area contributed by atoms with E-state index in [0.29, 0.717) is 24.7 Å². The quantitative estimate of drug-likeness (QED) is 0.882. The summed E-state index contributed by atoms with van der Waals surface area (Å²) in [7, 11) is 0. The summed E-state index contributed by atoms with van der Waals surface area (Å²) in [6, 6.07) is 4.46. The summed E-state index contributed by atoms with van der Waals surface area (Å²) in [5, 5.41) is 14.2. The van der Waals surface area contributed by atoms with E-state index < -0.39 is 17.5 Å². The van der Waals surface area contributed by atoms with Crippen molar-refractivity contribution in [1.82, 2.24) is 20.2 Å². The summed E-state index contributed by atoms with van der Waals surface area (Å²) in [6.07, 6.45) is 1.95. The molecule has 0 bridgehead atoms. The Morgan fingerprint density at radius 3 is 2.85 bits per heavy atom. The first kappa shape index (κ1) is 18.0. The average molecular weight is 375 g/mol. The molecule has 4 rings (SSSR count). The minimum absolute atomic E-state index is 0.00380. The maximum atomic E-state index is 14.7. The molecule has 2 fully saturated rings. The molecule has 2 aromatic rings. The second kappa shape index (κ2) is 6.97.